The Balaban J connectivity index is 2.62. The summed E-state index contributed by atoms with van der Waals surface area (Å²) in [6.07, 6.45) is 0.663. The van der Waals surface area contributed by atoms with Gasteiger partial charge in [0.25, 0.3) is 0 Å². The zero-order chi connectivity index (χ0) is 10.7. The predicted octanol–water partition coefficient (Wildman–Crippen LogP) is 0.0969. The zero-order valence-corrected chi connectivity index (χ0v) is 8.40. The molecule has 0 aliphatic carbocycles. The molecule has 1 amide bonds. The highest BCUT2D eigenvalue weighted by molar-refractivity contribution is 6.31. The first-order valence-corrected chi connectivity index (χ1v) is 4.68. The van der Waals surface area contributed by atoms with Gasteiger partial charge in [-0.15, -0.1) is 0 Å². The summed E-state index contributed by atoms with van der Waals surface area (Å²) in [7, 11) is 0. The quantitative estimate of drug-likeness (QED) is 0.564. The van der Waals surface area contributed by atoms with Crippen molar-refractivity contribution in [1.82, 2.24) is 4.90 Å². The first-order valence-electron chi connectivity index (χ1n) is 4.68. The molecule has 0 saturated carbocycles. The summed E-state index contributed by atoms with van der Waals surface area (Å²) >= 11 is 0. The number of ether oxygens (including phenoxy) is 1. The van der Waals surface area contributed by atoms with Gasteiger partial charge >= 0.3 is 11.9 Å². The summed E-state index contributed by atoms with van der Waals surface area (Å²) < 4.78 is 5.48. The third kappa shape index (κ3) is 2.70. The van der Waals surface area contributed by atoms with Crippen molar-refractivity contribution in [2.45, 2.75) is 32.5 Å². The molecule has 1 aliphatic rings. The van der Waals surface area contributed by atoms with E-state index in [-0.39, 0.29) is 12.2 Å². The van der Waals surface area contributed by atoms with Crippen LogP contribution in [0.4, 0.5) is 0 Å². The van der Waals surface area contributed by atoms with Gasteiger partial charge in [0.15, 0.2) is 0 Å². The molecule has 0 aromatic rings. The minimum absolute atomic E-state index is 0.0802. The third-order valence-corrected chi connectivity index (χ3v) is 2.22. The topological polar surface area (TPSA) is 66.8 Å². The van der Waals surface area contributed by atoms with Crippen LogP contribution in [0.3, 0.4) is 0 Å². The number of rotatable bonds is 0. The fraction of sp³-hybridized carbons (Fsp3) is 0.778. The fourth-order valence-electron chi connectivity index (χ4n) is 1.57. The lowest BCUT2D eigenvalue weighted by Gasteiger charge is -2.19. The summed E-state index contributed by atoms with van der Waals surface area (Å²) in [6.45, 7) is 4.57. The highest BCUT2D eigenvalue weighted by Crippen LogP contribution is 2.11. The molecule has 0 radical (unpaired) electrons. The minimum atomic E-state index is -1.40. The standard InChI is InChI=1S/C9H15NO4/c1-6-3-4-10(5-7(2)14-6)8(11)9(12)13/h6-7H,3-5H2,1-2H3,(H,12,13). The van der Waals surface area contributed by atoms with Gasteiger partial charge in [-0.3, -0.25) is 4.79 Å². The van der Waals surface area contributed by atoms with Crippen molar-refractivity contribution >= 4 is 11.9 Å². The number of carbonyl (C=O) groups excluding carboxylic acids is 1. The van der Waals surface area contributed by atoms with Crippen LogP contribution in [0.1, 0.15) is 20.3 Å². The number of carboxylic acids is 1. The lowest BCUT2D eigenvalue weighted by molar-refractivity contribution is -0.156. The van der Waals surface area contributed by atoms with Gasteiger partial charge in [0.1, 0.15) is 0 Å². The second kappa shape index (κ2) is 4.41. The lowest BCUT2D eigenvalue weighted by atomic mass is 10.3. The number of nitrogens with zero attached hydrogens (tertiary/aromatic N) is 1. The van der Waals surface area contributed by atoms with Crippen LogP contribution < -0.4 is 0 Å². The van der Waals surface area contributed by atoms with E-state index in [4.69, 9.17) is 9.84 Å². The Labute approximate surface area is 82.6 Å². The summed E-state index contributed by atoms with van der Waals surface area (Å²) in [6, 6.07) is 0. The minimum Gasteiger partial charge on any atom is -0.474 e. The summed E-state index contributed by atoms with van der Waals surface area (Å²) in [5.41, 5.74) is 0. The van der Waals surface area contributed by atoms with Crippen LogP contribution >= 0.6 is 0 Å². The first kappa shape index (κ1) is 11.0. The van der Waals surface area contributed by atoms with Gasteiger partial charge in [-0.1, -0.05) is 0 Å². The van der Waals surface area contributed by atoms with Crippen molar-refractivity contribution in [3.63, 3.8) is 0 Å². The number of carboxylic acid groups (broad SMARTS) is 1. The molecule has 5 heteroatoms. The van der Waals surface area contributed by atoms with Crippen molar-refractivity contribution in [3.8, 4) is 0 Å². The fourth-order valence-corrected chi connectivity index (χ4v) is 1.57. The molecule has 1 heterocycles. The maximum atomic E-state index is 11.2. The molecular weight excluding hydrogens is 186 g/mol. The maximum Gasteiger partial charge on any atom is 0.394 e. The van der Waals surface area contributed by atoms with Crippen molar-refractivity contribution in [3.05, 3.63) is 0 Å². The largest absolute Gasteiger partial charge is 0.474 e. The molecule has 0 aromatic heterocycles. The SMILES string of the molecule is CC1CCN(C(=O)C(=O)O)CC(C)O1. The summed E-state index contributed by atoms with van der Waals surface area (Å²) in [5, 5.41) is 8.55. The van der Waals surface area contributed by atoms with Crippen molar-refractivity contribution in [1.29, 1.82) is 0 Å². The Morgan fingerprint density at radius 1 is 1.36 bits per heavy atom. The van der Waals surface area contributed by atoms with Crippen molar-refractivity contribution in [2.24, 2.45) is 0 Å². The van der Waals surface area contributed by atoms with E-state index in [1.54, 1.807) is 0 Å². The lowest BCUT2D eigenvalue weighted by Crippen LogP contribution is -2.40. The molecule has 1 fully saturated rings. The highest BCUT2D eigenvalue weighted by Gasteiger charge is 2.26. The second-order valence-corrected chi connectivity index (χ2v) is 3.60. The van der Waals surface area contributed by atoms with Gasteiger partial charge in [0, 0.05) is 13.1 Å². The summed E-state index contributed by atoms with van der Waals surface area (Å²) in [4.78, 5) is 23.0. The molecule has 2 atom stereocenters. The van der Waals surface area contributed by atoms with Crippen LogP contribution in [0, 0.1) is 0 Å². The van der Waals surface area contributed by atoms with Gasteiger partial charge in [-0.25, -0.2) is 4.79 Å². The molecule has 14 heavy (non-hydrogen) atoms. The third-order valence-electron chi connectivity index (χ3n) is 2.22. The van der Waals surface area contributed by atoms with Crippen LogP contribution in [-0.4, -0.2) is 47.2 Å². The normalized spacial score (nSPS) is 28.3. The Hall–Kier alpha value is -1.10. The van der Waals surface area contributed by atoms with Crippen molar-refractivity contribution in [2.75, 3.05) is 13.1 Å². The maximum absolute atomic E-state index is 11.2. The van der Waals surface area contributed by atoms with E-state index in [1.165, 1.54) is 4.90 Å². The van der Waals surface area contributed by atoms with Crippen LogP contribution in [-0.2, 0) is 14.3 Å². The second-order valence-electron chi connectivity index (χ2n) is 3.60. The smallest absolute Gasteiger partial charge is 0.394 e. The van der Waals surface area contributed by atoms with Crippen molar-refractivity contribution < 1.29 is 19.4 Å². The van der Waals surface area contributed by atoms with Crippen LogP contribution in [0.2, 0.25) is 0 Å². The van der Waals surface area contributed by atoms with E-state index in [0.29, 0.717) is 19.5 Å². The molecule has 5 nitrogen and oxygen atoms in total. The molecule has 0 aromatic carbocycles. The first-order chi connectivity index (χ1) is 6.50. The van der Waals surface area contributed by atoms with Gasteiger partial charge in [-0.05, 0) is 20.3 Å². The van der Waals surface area contributed by atoms with E-state index < -0.39 is 11.9 Å². The van der Waals surface area contributed by atoms with E-state index in [2.05, 4.69) is 0 Å². The van der Waals surface area contributed by atoms with Crippen LogP contribution in [0.15, 0.2) is 0 Å². The van der Waals surface area contributed by atoms with Gasteiger partial charge in [0.2, 0.25) is 0 Å². The molecule has 2 unspecified atom stereocenters. The van der Waals surface area contributed by atoms with E-state index in [1.807, 2.05) is 13.8 Å². The molecule has 0 bridgehead atoms. The average Bonchev–Trinajstić information content (AvgIpc) is 2.25. The molecular formula is C9H15NO4. The molecule has 80 valence electrons. The Bertz CT molecular complexity index is 241. The molecule has 1 saturated heterocycles. The predicted molar refractivity (Wildman–Crippen MR) is 48.8 cm³/mol. The van der Waals surface area contributed by atoms with E-state index in [0.717, 1.165) is 0 Å². The molecule has 1 rings (SSSR count). The van der Waals surface area contributed by atoms with Crippen LogP contribution in [0.25, 0.3) is 0 Å². The Morgan fingerprint density at radius 3 is 2.57 bits per heavy atom. The van der Waals surface area contributed by atoms with E-state index >= 15 is 0 Å². The number of aliphatic carboxylic acids is 1. The van der Waals surface area contributed by atoms with Gasteiger partial charge in [-0.2, -0.15) is 0 Å². The van der Waals surface area contributed by atoms with Gasteiger partial charge in [0.05, 0.1) is 12.2 Å². The molecule has 1 N–H and O–H groups in total. The van der Waals surface area contributed by atoms with E-state index in [9.17, 15) is 9.59 Å². The Morgan fingerprint density at radius 2 is 2.00 bits per heavy atom. The zero-order valence-electron chi connectivity index (χ0n) is 8.40. The number of carbonyl (C=O) groups is 2. The highest BCUT2D eigenvalue weighted by atomic mass is 16.5. The number of hydrogen-bond acceptors (Lipinski definition) is 3. The van der Waals surface area contributed by atoms with Crippen LogP contribution in [0.5, 0.6) is 0 Å². The number of amides is 1. The Kier molecular flexibility index (Phi) is 3.46. The number of hydrogen-bond donors (Lipinski definition) is 1. The summed E-state index contributed by atoms with van der Waals surface area (Å²) in [5.74, 6) is -2.23. The monoisotopic (exact) mass is 201 g/mol. The average molecular weight is 201 g/mol. The molecule has 1 aliphatic heterocycles. The van der Waals surface area contributed by atoms with Gasteiger partial charge < -0.3 is 14.7 Å². The molecule has 0 spiro atoms.